The van der Waals surface area contributed by atoms with Crippen LogP contribution in [0.15, 0.2) is 30.7 Å². The van der Waals surface area contributed by atoms with Crippen LogP contribution in [0.4, 0.5) is 0 Å². The van der Waals surface area contributed by atoms with E-state index in [9.17, 15) is 5.11 Å². The van der Waals surface area contributed by atoms with Gasteiger partial charge in [-0.05, 0) is 26.0 Å². The molecule has 6 nitrogen and oxygen atoms in total. The van der Waals surface area contributed by atoms with E-state index in [1.165, 1.54) is 6.20 Å². The van der Waals surface area contributed by atoms with Crippen LogP contribution in [0, 0.1) is 0 Å². The van der Waals surface area contributed by atoms with Crippen molar-refractivity contribution in [1.82, 2.24) is 24.3 Å². The number of hydrogen-bond acceptors (Lipinski definition) is 4. The maximum absolute atomic E-state index is 10.1. The molecule has 3 heterocycles. The summed E-state index contributed by atoms with van der Waals surface area (Å²) in [5.74, 6) is 0. The molecule has 0 radical (unpaired) electrons. The molecule has 0 aliphatic rings. The predicted octanol–water partition coefficient (Wildman–Crippen LogP) is 2.23. The fraction of sp³-hybridized carbons (Fsp3) is 0.250. The quantitative estimate of drug-likeness (QED) is 0.780. The van der Waals surface area contributed by atoms with Crippen molar-refractivity contribution in [3.63, 3.8) is 0 Å². The second kappa shape index (κ2) is 3.96. The SMILES string of the molecule is CC(C)(n1cccn1)n1c(O)nc2ncc(Cl)cc21. The number of rotatable bonds is 2. The smallest absolute Gasteiger partial charge is 0.298 e. The fourth-order valence-electron chi connectivity index (χ4n) is 2.16. The lowest BCUT2D eigenvalue weighted by Gasteiger charge is -2.28. The van der Waals surface area contributed by atoms with Gasteiger partial charge >= 0.3 is 0 Å². The molecule has 3 rings (SSSR count). The molecule has 0 saturated carbocycles. The highest BCUT2D eigenvalue weighted by Crippen LogP contribution is 2.30. The Morgan fingerprint density at radius 2 is 2.16 bits per heavy atom. The normalized spacial score (nSPS) is 12.2. The Hall–Kier alpha value is -2.08. The van der Waals surface area contributed by atoms with Crippen molar-refractivity contribution in [3.05, 3.63) is 35.7 Å². The molecule has 0 unspecified atom stereocenters. The first kappa shape index (κ1) is 12.0. The minimum Gasteiger partial charge on any atom is -0.480 e. The summed E-state index contributed by atoms with van der Waals surface area (Å²) in [6.07, 6.45) is 5.01. The fourth-order valence-corrected chi connectivity index (χ4v) is 2.31. The highest BCUT2D eigenvalue weighted by atomic mass is 35.5. The predicted molar refractivity (Wildman–Crippen MR) is 71.1 cm³/mol. The molecule has 0 amide bonds. The first-order valence-electron chi connectivity index (χ1n) is 5.74. The van der Waals surface area contributed by atoms with Gasteiger partial charge in [0.1, 0.15) is 5.66 Å². The Morgan fingerprint density at radius 1 is 1.37 bits per heavy atom. The lowest BCUT2D eigenvalue weighted by Crippen LogP contribution is -2.35. The van der Waals surface area contributed by atoms with Crippen LogP contribution in [0.25, 0.3) is 11.2 Å². The summed E-state index contributed by atoms with van der Waals surface area (Å²) in [5.41, 5.74) is 0.474. The molecule has 0 aliphatic heterocycles. The summed E-state index contributed by atoms with van der Waals surface area (Å²) in [6, 6.07) is 3.43. The van der Waals surface area contributed by atoms with Gasteiger partial charge in [0.15, 0.2) is 5.65 Å². The topological polar surface area (TPSA) is 68.8 Å². The Labute approximate surface area is 114 Å². The summed E-state index contributed by atoms with van der Waals surface area (Å²) < 4.78 is 3.38. The van der Waals surface area contributed by atoms with Gasteiger partial charge in [-0.2, -0.15) is 10.1 Å². The van der Waals surface area contributed by atoms with Gasteiger partial charge in [0.25, 0.3) is 6.01 Å². The zero-order chi connectivity index (χ0) is 13.6. The van der Waals surface area contributed by atoms with Gasteiger partial charge in [0, 0.05) is 18.6 Å². The highest BCUT2D eigenvalue weighted by Gasteiger charge is 2.28. The molecular weight excluding hydrogens is 266 g/mol. The largest absolute Gasteiger partial charge is 0.480 e. The number of aromatic nitrogens is 5. The van der Waals surface area contributed by atoms with Gasteiger partial charge < -0.3 is 5.11 Å². The van der Waals surface area contributed by atoms with E-state index >= 15 is 0 Å². The second-order valence-electron chi connectivity index (χ2n) is 4.69. The molecule has 1 N–H and O–H groups in total. The molecule has 7 heteroatoms. The van der Waals surface area contributed by atoms with Crippen molar-refractivity contribution < 1.29 is 5.11 Å². The van der Waals surface area contributed by atoms with Gasteiger partial charge in [0.05, 0.1) is 10.5 Å². The van der Waals surface area contributed by atoms with Crippen molar-refractivity contribution in [2.24, 2.45) is 0 Å². The molecule has 0 atom stereocenters. The molecule has 19 heavy (non-hydrogen) atoms. The van der Waals surface area contributed by atoms with Gasteiger partial charge in [-0.25, -0.2) is 9.67 Å². The minimum absolute atomic E-state index is 0.120. The summed E-state index contributed by atoms with van der Waals surface area (Å²) in [6.45, 7) is 3.84. The van der Waals surface area contributed by atoms with Crippen molar-refractivity contribution >= 4 is 22.8 Å². The summed E-state index contributed by atoms with van der Waals surface area (Å²) in [4.78, 5) is 8.14. The zero-order valence-corrected chi connectivity index (χ0v) is 11.2. The molecule has 0 fully saturated rings. The Bertz CT molecular complexity index is 732. The van der Waals surface area contributed by atoms with Gasteiger partial charge in [-0.3, -0.25) is 4.57 Å². The third-order valence-electron chi connectivity index (χ3n) is 3.07. The number of fused-ring (bicyclic) bond motifs is 1. The van der Waals surface area contributed by atoms with Crippen LogP contribution in [0.1, 0.15) is 13.8 Å². The van der Waals surface area contributed by atoms with Crippen molar-refractivity contribution in [1.29, 1.82) is 0 Å². The molecular formula is C12H12ClN5O. The number of pyridine rings is 1. The lowest BCUT2D eigenvalue weighted by molar-refractivity contribution is 0.237. The first-order valence-corrected chi connectivity index (χ1v) is 6.11. The van der Waals surface area contributed by atoms with Crippen LogP contribution in [0.5, 0.6) is 6.01 Å². The molecule has 3 aromatic rings. The maximum atomic E-state index is 10.1. The average molecular weight is 278 g/mol. The van der Waals surface area contributed by atoms with Gasteiger partial charge in [-0.1, -0.05) is 11.6 Å². The molecule has 98 valence electrons. The van der Waals surface area contributed by atoms with Gasteiger partial charge in [0.2, 0.25) is 0 Å². The molecule has 0 aromatic carbocycles. The zero-order valence-electron chi connectivity index (χ0n) is 10.4. The highest BCUT2D eigenvalue weighted by molar-refractivity contribution is 6.31. The molecule has 0 bridgehead atoms. The van der Waals surface area contributed by atoms with Crippen LogP contribution in [0.2, 0.25) is 5.02 Å². The summed E-state index contributed by atoms with van der Waals surface area (Å²) in [5, 5.41) is 14.8. The lowest BCUT2D eigenvalue weighted by atomic mass is 10.2. The number of aromatic hydroxyl groups is 1. The Kier molecular flexibility index (Phi) is 2.50. The first-order chi connectivity index (χ1) is 9.00. The van der Waals surface area contributed by atoms with Crippen molar-refractivity contribution in [2.75, 3.05) is 0 Å². The monoisotopic (exact) mass is 277 g/mol. The van der Waals surface area contributed by atoms with Crippen LogP contribution in [-0.4, -0.2) is 29.4 Å². The number of nitrogens with zero attached hydrogens (tertiary/aromatic N) is 5. The van der Waals surface area contributed by atoms with E-state index in [1.54, 1.807) is 21.5 Å². The van der Waals surface area contributed by atoms with E-state index in [4.69, 9.17) is 11.6 Å². The summed E-state index contributed by atoms with van der Waals surface area (Å²) >= 11 is 5.97. The van der Waals surface area contributed by atoms with E-state index in [-0.39, 0.29) is 6.01 Å². The average Bonchev–Trinajstić information content (AvgIpc) is 2.95. The Balaban J connectivity index is 2.30. The number of halogens is 1. The van der Waals surface area contributed by atoms with E-state index in [2.05, 4.69) is 15.1 Å². The van der Waals surface area contributed by atoms with Crippen LogP contribution >= 0.6 is 11.6 Å². The van der Waals surface area contributed by atoms with Crippen molar-refractivity contribution in [3.8, 4) is 6.01 Å². The standard InChI is InChI=1S/C12H12ClN5O/c1-12(2,17-5-3-4-15-17)18-9-6-8(13)7-14-10(9)16-11(18)19/h3-7H,1-2H3,(H,14,16,19). The number of imidazole rings is 1. The minimum atomic E-state index is -0.630. The van der Waals surface area contributed by atoms with E-state index in [1.807, 2.05) is 26.1 Å². The molecule has 3 aromatic heterocycles. The van der Waals surface area contributed by atoms with Gasteiger partial charge in [-0.15, -0.1) is 0 Å². The maximum Gasteiger partial charge on any atom is 0.298 e. The van der Waals surface area contributed by atoms with E-state index in [0.717, 1.165) is 0 Å². The van der Waals surface area contributed by atoms with Crippen LogP contribution in [-0.2, 0) is 5.66 Å². The second-order valence-corrected chi connectivity index (χ2v) is 5.12. The summed E-state index contributed by atoms with van der Waals surface area (Å²) in [7, 11) is 0. The third-order valence-corrected chi connectivity index (χ3v) is 3.28. The molecule has 0 aliphatic carbocycles. The number of hydrogen-bond donors (Lipinski definition) is 1. The van der Waals surface area contributed by atoms with Crippen molar-refractivity contribution in [2.45, 2.75) is 19.5 Å². The molecule has 0 saturated heterocycles. The molecule has 0 spiro atoms. The van der Waals surface area contributed by atoms with Crippen LogP contribution < -0.4 is 0 Å². The van der Waals surface area contributed by atoms with E-state index < -0.39 is 5.66 Å². The van der Waals surface area contributed by atoms with E-state index in [0.29, 0.717) is 16.2 Å². The Morgan fingerprint density at radius 3 is 2.84 bits per heavy atom. The third kappa shape index (κ3) is 1.76. The van der Waals surface area contributed by atoms with Crippen LogP contribution in [0.3, 0.4) is 0 Å².